The second-order valence-corrected chi connectivity index (χ2v) is 10.5. The summed E-state index contributed by atoms with van der Waals surface area (Å²) in [6.07, 6.45) is 6.78. The van der Waals surface area contributed by atoms with E-state index >= 15 is 0 Å². The fourth-order valence-corrected chi connectivity index (χ4v) is 6.33. The average Bonchev–Trinajstić information content (AvgIpc) is 3.03. The Bertz CT molecular complexity index is 842. The molecule has 182 valence electrons. The molecule has 0 radical (unpaired) electrons. The summed E-state index contributed by atoms with van der Waals surface area (Å²) in [4.78, 5) is 26.9. The number of allylic oxidation sites excluding steroid dienone is 1. The Balaban J connectivity index is 1.93. The SMILES string of the molecule is CCCCCC(O)[C@H]1C(=O)N[C@](C(=O)SCc2ccccc2)([C@@H](O)[C@@H]2C=CCCC2)[C@@]1(C)O. The van der Waals surface area contributed by atoms with E-state index in [1.165, 1.54) is 6.92 Å². The van der Waals surface area contributed by atoms with E-state index in [4.69, 9.17) is 0 Å². The van der Waals surface area contributed by atoms with E-state index in [1.807, 2.05) is 49.4 Å². The van der Waals surface area contributed by atoms with Gasteiger partial charge in [0.2, 0.25) is 11.0 Å². The summed E-state index contributed by atoms with van der Waals surface area (Å²) in [5, 5.41) is 36.4. The first-order valence-corrected chi connectivity index (χ1v) is 13.0. The molecular formula is C26H37NO5S. The first-order valence-electron chi connectivity index (χ1n) is 12.0. The zero-order chi connectivity index (χ0) is 24.1. The minimum atomic E-state index is -1.96. The van der Waals surface area contributed by atoms with Crippen LogP contribution >= 0.6 is 11.8 Å². The van der Waals surface area contributed by atoms with Crippen molar-refractivity contribution in [3.05, 3.63) is 48.0 Å². The van der Waals surface area contributed by atoms with Gasteiger partial charge in [-0.05, 0) is 38.2 Å². The molecule has 4 N–H and O–H groups in total. The predicted octanol–water partition coefficient (Wildman–Crippen LogP) is 3.34. The van der Waals surface area contributed by atoms with Crippen molar-refractivity contribution >= 4 is 22.8 Å². The molecule has 1 unspecified atom stereocenters. The number of nitrogens with one attached hydrogen (secondary N) is 1. The molecule has 0 aromatic heterocycles. The number of benzene rings is 1. The Morgan fingerprint density at radius 1 is 1.24 bits per heavy atom. The Hall–Kier alpha value is -1.67. The first-order chi connectivity index (χ1) is 15.8. The van der Waals surface area contributed by atoms with Crippen LogP contribution in [0.1, 0.15) is 64.4 Å². The zero-order valence-corrected chi connectivity index (χ0v) is 20.4. The lowest BCUT2D eigenvalue weighted by atomic mass is 9.68. The number of rotatable bonds is 10. The highest BCUT2D eigenvalue weighted by atomic mass is 32.2. The third-order valence-corrected chi connectivity index (χ3v) is 8.23. The quantitative estimate of drug-likeness (QED) is 0.305. The lowest BCUT2D eigenvalue weighted by Crippen LogP contribution is -2.70. The molecule has 1 aliphatic carbocycles. The number of aliphatic hydroxyl groups is 3. The molecule has 7 heteroatoms. The highest BCUT2D eigenvalue weighted by Crippen LogP contribution is 2.47. The van der Waals surface area contributed by atoms with Crippen LogP contribution in [0.2, 0.25) is 0 Å². The predicted molar refractivity (Wildman–Crippen MR) is 130 cm³/mol. The van der Waals surface area contributed by atoms with Gasteiger partial charge in [-0.2, -0.15) is 0 Å². The molecule has 0 spiro atoms. The van der Waals surface area contributed by atoms with Gasteiger partial charge in [0, 0.05) is 11.7 Å². The lowest BCUT2D eigenvalue weighted by molar-refractivity contribution is -0.148. The summed E-state index contributed by atoms with van der Waals surface area (Å²) >= 11 is 0.978. The summed E-state index contributed by atoms with van der Waals surface area (Å²) in [6, 6.07) is 9.46. The number of thioether (sulfide) groups is 1. The van der Waals surface area contributed by atoms with Crippen molar-refractivity contribution < 1.29 is 24.9 Å². The molecule has 2 aliphatic rings. The van der Waals surface area contributed by atoms with E-state index < -0.39 is 40.3 Å². The molecule has 1 aliphatic heterocycles. The number of hydrogen-bond acceptors (Lipinski definition) is 6. The summed E-state index contributed by atoms with van der Waals surface area (Å²) in [5.74, 6) is -1.80. The van der Waals surface area contributed by atoms with Crippen LogP contribution in [0.25, 0.3) is 0 Å². The summed E-state index contributed by atoms with van der Waals surface area (Å²) in [5.41, 5.74) is -2.94. The van der Waals surface area contributed by atoms with Gasteiger partial charge in [-0.3, -0.25) is 9.59 Å². The number of aliphatic hydroxyl groups excluding tert-OH is 2. The highest BCUT2D eigenvalue weighted by molar-refractivity contribution is 8.13. The fraction of sp³-hybridized carbons (Fsp3) is 0.615. The van der Waals surface area contributed by atoms with Crippen molar-refractivity contribution in [2.75, 3.05) is 0 Å². The maximum atomic E-state index is 13.7. The van der Waals surface area contributed by atoms with Crippen molar-refractivity contribution in [2.45, 2.75) is 87.9 Å². The molecule has 1 aromatic rings. The van der Waals surface area contributed by atoms with Crippen molar-refractivity contribution in [1.82, 2.24) is 5.32 Å². The molecule has 0 bridgehead atoms. The monoisotopic (exact) mass is 475 g/mol. The van der Waals surface area contributed by atoms with Crippen LogP contribution < -0.4 is 5.32 Å². The molecular weight excluding hydrogens is 438 g/mol. The summed E-state index contributed by atoms with van der Waals surface area (Å²) in [7, 11) is 0. The van der Waals surface area contributed by atoms with Gasteiger partial charge in [-0.15, -0.1) is 0 Å². The van der Waals surface area contributed by atoms with Crippen LogP contribution in [0.4, 0.5) is 0 Å². The van der Waals surface area contributed by atoms with Gasteiger partial charge in [-0.1, -0.05) is 80.4 Å². The van der Waals surface area contributed by atoms with Gasteiger partial charge >= 0.3 is 0 Å². The Morgan fingerprint density at radius 3 is 2.61 bits per heavy atom. The van der Waals surface area contributed by atoms with E-state index in [-0.39, 0.29) is 5.92 Å². The van der Waals surface area contributed by atoms with E-state index in [0.29, 0.717) is 18.6 Å². The van der Waals surface area contributed by atoms with Crippen molar-refractivity contribution in [2.24, 2.45) is 11.8 Å². The topological polar surface area (TPSA) is 107 Å². The van der Waals surface area contributed by atoms with Crippen molar-refractivity contribution in [3.63, 3.8) is 0 Å². The maximum absolute atomic E-state index is 13.7. The van der Waals surface area contributed by atoms with Gasteiger partial charge < -0.3 is 20.6 Å². The smallest absolute Gasteiger partial charge is 0.229 e. The third-order valence-electron chi connectivity index (χ3n) is 7.17. The van der Waals surface area contributed by atoms with E-state index in [2.05, 4.69) is 5.32 Å². The standard InChI is InChI=1S/C26H37NO5S/c1-3-4-7-16-20(28)21-23(30)27-26(25(21,2)32,22(29)19-14-10-6-11-15-19)24(31)33-17-18-12-8-5-9-13-18/h5,8-10,12-14,19-22,28-29,32H,3-4,6-7,11,15-17H2,1-2H3,(H,27,30)/t19-,20?,21+,22+,25+,26+/m1/s1. The molecule has 1 fully saturated rings. The maximum Gasteiger partial charge on any atom is 0.229 e. The zero-order valence-electron chi connectivity index (χ0n) is 19.6. The molecule has 3 rings (SSSR count). The van der Waals surface area contributed by atoms with E-state index in [9.17, 15) is 24.9 Å². The largest absolute Gasteiger partial charge is 0.392 e. The number of carbonyl (C=O) groups excluding carboxylic acids is 2. The molecule has 6 atom stereocenters. The van der Waals surface area contributed by atoms with Crippen molar-refractivity contribution in [3.8, 4) is 0 Å². The van der Waals surface area contributed by atoms with Gasteiger partial charge in [0.05, 0.1) is 18.1 Å². The van der Waals surface area contributed by atoms with E-state index in [0.717, 1.165) is 49.4 Å². The molecule has 33 heavy (non-hydrogen) atoms. The normalized spacial score (nSPS) is 31.2. The van der Waals surface area contributed by atoms with Gasteiger partial charge in [0.15, 0.2) is 5.54 Å². The minimum absolute atomic E-state index is 0.350. The van der Waals surface area contributed by atoms with E-state index in [1.54, 1.807) is 0 Å². The lowest BCUT2D eigenvalue weighted by Gasteiger charge is -2.45. The second kappa shape index (κ2) is 11.2. The van der Waals surface area contributed by atoms with Crippen LogP contribution in [-0.4, -0.2) is 49.7 Å². The summed E-state index contributed by atoms with van der Waals surface area (Å²) in [6.45, 7) is 3.46. The fourth-order valence-electron chi connectivity index (χ4n) is 5.23. The van der Waals surface area contributed by atoms with Gasteiger partial charge in [0.25, 0.3) is 0 Å². The minimum Gasteiger partial charge on any atom is -0.392 e. The van der Waals surface area contributed by atoms with Crippen LogP contribution in [0.3, 0.4) is 0 Å². The van der Waals surface area contributed by atoms with Crippen LogP contribution in [0.15, 0.2) is 42.5 Å². The summed E-state index contributed by atoms with van der Waals surface area (Å²) < 4.78 is 0. The number of amides is 1. The molecule has 1 aromatic carbocycles. The van der Waals surface area contributed by atoms with Crippen LogP contribution in [0, 0.1) is 11.8 Å². The Labute approximate surface area is 200 Å². The van der Waals surface area contributed by atoms with Crippen LogP contribution in [0.5, 0.6) is 0 Å². The number of hydrogen-bond donors (Lipinski definition) is 4. The van der Waals surface area contributed by atoms with Gasteiger partial charge in [-0.25, -0.2) is 0 Å². The molecule has 1 heterocycles. The van der Waals surface area contributed by atoms with Crippen molar-refractivity contribution in [1.29, 1.82) is 0 Å². The highest BCUT2D eigenvalue weighted by Gasteiger charge is 2.70. The molecule has 6 nitrogen and oxygen atoms in total. The number of carbonyl (C=O) groups is 2. The molecule has 1 saturated heterocycles. The van der Waals surface area contributed by atoms with Crippen LogP contribution in [-0.2, 0) is 15.3 Å². The molecule has 0 saturated carbocycles. The second-order valence-electron chi connectivity index (χ2n) is 9.52. The van der Waals surface area contributed by atoms with Gasteiger partial charge in [0.1, 0.15) is 5.60 Å². The Kier molecular flexibility index (Phi) is 8.78. The molecule has 1 amide bonds. The first kappa shape index (κ1) is 25.9. The average molecular weight is 476 g/mol. The Morgan fingerprint density at radius 2 is 1.97 bits per heavy atom. The third kappa shape index (κ3) is 5.21. The number of unbranched alkanes of at least 4 members (excludes halogenated alkanes) is 2.